The van der Waals surface area contributed by atoms with E-state index in [0.29, 0.717) is 24.5 Å². The maximum absolute atomic E-state index is 13.1. The van der Waals surface area contributed by atoms with Gasteiger partial charge in [0.2, 0.25) is 15.9 Å². The van der Waals surface area contributed by atoms with Crippen LogP contribution in [-0.4, -0.2) is 37.6 Å². The predicted octanol–water partition coefficient (Wildman–Crippen LogP) is 3.73. The molecule has 2 aromatic carbocycles. The Morgan fingerprint density at radius 1 is 1.00 bits per heavy atom. The Balaban J connectivity index is 1.85. The Labute approximate surface area is 175 Å². The third-order valence-corrected chi connectivity index (χ3v) is 6.87. The summed E-state index contributed by atoms with van der Waals surface area (Å²) in [4.78, 5) is 24.0. The van der Waals surface area contributed by atoms with Crippen LogP contribution in [-0.2, 0) is 14.8 Å². The molecule has 2 amide bonds. The Kier molecular flexibility index (Phi) is 6.56. The summed E-state index contributed by atoms with van der Waals surface area (Å²) in [5.74, 6) is -0.815. The van der Waals surface area contributed by atoms with Crippen molar-refractivity contribution in [3.63, 3.8) is 0 Å². The van der Waals surface area contributed by atoms with Gasteiger partial charge in [0.1, 0.15) is 0 Å². The van der Waals surface area contributed by atoms with Crippen LogP contribution in [0.2, 0.25) is 5.02 Å². The van der Waals surface area contributed by atoms with Gasteiger partial charge in [-0.3, -0.25) is 9.59 Å². The van der Waals surface area contributed by atoms with E-state index in [0.717, 1.165) is 19.3 Å². The van der Waals surface area contributed by atoms with Crippen molar-refractivity contribution in [3.8, 4) is 0 Å². The molecule has 1 saturated heterocycles. The number of benzene rings is 2. The Morgan fingerprint density at radius 3 is 2.34 bits per heavy atom. The second kappa shape index (κ2) is 8.94. The molecule has 0 atom stereocenters. The third kappa shape index (κ3) is 4.95. The van der Waals surface area contributed by atoms with Crippen LogP contribution in [0.25, 0.3) is 0 Å². The molecule has 0 unspecified atom stereocenters. The zero-order valence-electron chi connectivity index (χ0n) is 15.9. The number of rotatable bonds is 5. The fraction of sp³-hybridized carbons (Fsp3) is 0.300. The summed E-state index contributed by atoms with van der Waals surface area (Å²) < 4.78 is 27.5. The van der Waals surface area contributed by atoms with Gasteiger partial charge >= 0.3 is 0 Å². The van der Waals surface area contributed by atoms with E-state index in [1.54, 1.807) is 24.3 Å². The van der Waals surface area contributed by atoms with E-state index in [9.17, 15) is 18.0 Å². The lowest BCUT2D eigenvalue weighted by molar-refractivity contribution is -0.114. The summed E-state index contributed by atoms with van der Waals surface area (Å²) in [6.45, 7) is 2.28. The molecule has 7 nitrogen and oxygen atoms in total. The van der Waals surface area contributed by atoms with Crippen molar-refractivity contribution in [1.29, 1.82) is 0 Å². The smallest absolute Gasteiger partial charge is 0.257 e. The SMILES string of the molecule is CC(=O)Nc1ccc(NC(=O)c2ccccc2S(=O)(=O)N2CCCCC2)cc1Cl. The maximum atomic E-state index is 13.1. The zero-order chi connectivity index (χ0) is 21.0. The van der Waals surface area contributed by atoms with E-state index in [4.69, 9.17) is 11.6 Å². The number of nitrogens with one attached hydrogen (secondary N) is 2. The van der Waals surface area contributed by atoms with Crippen LogP contribution in [0, 0.1) is 0 Å². The second-order valence-corrected chi connectivity index (χ2v) is 9.10. The molecule has 154 valence electrons. The molecule has 0 saturated carbocycles. The maximum Gasteiger partial charge on any atom is 0.257 e. The highest BCUT2D eigenvalue weighted by Gasteiger charge is 2.29. The van der Waals surface area contributed by atoms with Gasteiger partial charge in [0, 0.05) is 25.7 Å². The van der Waals surface area contributed by atoms with Gasteiger partial charge in [-0.2, -0.15) is 4.31 Å². The summed E-state index contributed by atoms with van der Waals surface area (Å²) >= 11 is 6.14. The third-order valence-electron chi connectivity index (χ3n) is 4.60. The van der Waals surface area contributed by atoms with Crippen molar-refractivity contribution >= 4 is 44.8 Å². The lowest BCUT2D eigenvalue weighted by Gasteiger charge is -2.26. The van der Waals surface area contributed by atoms with E-state index in [-0.39, 0.29) is 21.4 Å². The molecule has 0 bridgehead atoms. The van der Waals surface area contributed by atoms with Crippen LogP contribution in [0.4, 0.5) is 11.4 Å². The van der Waals surface area contributed by atoms with E-state index in [1.807, 2.05) is 0 Å². The molecule has 0 spiro atoms. The number of carbonyl (C=O) groups is 2. The number of piperidine rings is 1. The molecular formula is C20H22ClN3O4S. The van der Waals surface area contributed by atoms with Crippen molar-refractivity contribution < 1.29 is 18.0 Å². The molecular weight excluding hydrogens is 414 g/mol. The van der Waals surface area contributed by atoms with Gasteiger partial charge in [0.05, 0.1) is 21.2 Å². The summed E-state index contributed by atoms with van der Waals surface area (Å²) in [6.07, 6.45) is 2.63. The average molecular weight is 436 g/mol. The van der Waals surface area contributed by atoms with Crippen molar-refractivity contribution in [2.45, 2.75) is 31.1 Å². The van der Waals surface area contributed by atoms with Crippen LogP contribution in [0.5, 0.6) is 0 Å². The summed E-state index contributed by atoms with van der Waals surface area (Å²) in [7, 11) is -3.76. The normalized spacial score (nSPS) is 15.0. The Morgan fingerprint density at radius 2 is 1.69 bits per heavy atom. The number of halogens is 1. The van der Waals surface area contributed by atoms with Crippen LogP contribution >= 0.6 is 11.6 Å². The molecule has 9 heteroatoms. The van der Waals surface area contributed by atoms with Crippen LogP contribution in [0.1, 0.15) is 36.5 Å². The van der Waals surface area contributed by atoms with Crippen LogP contribution in [0.15, 0.2) is 47.4 Å². The van der Waals surface area contributed by atoms with E-state index < -0.39 is 15.9 Å². The largest absolute Gasteiger partial charge is 0.325 e. The van der Waals surface area contributed by atoms with Gasteiger partial charge in [-0.1, -0.05) is 30.2 Å². The minimum Gasteiger partial charge on any atom is -0.325 e. The predicted molar refractivity (Wildman–Crippen MR) is 113 cm³/mol. The van der Waals surface area contributed by atoms with Crippen molar-refractivity contribution in [3.05, 3.63) is 53.1 Å². The first-order valence-electron chi connectivity index (χ1n) is 9.27. The number of anilines is 2. The van der Waals surface area contributed by atoms with E-state index in [2.05, 4.69) is 10.6 Å². The molecule has 1 fully saturated rings. The highest BCUT2D eigenvalue weighted by molar-refractivity contribution is 7.89. The molecule has 1 aliphatic rings. The average Bonchev–Trinajstić information content (AvgIpc) is 2.70. The molecule has 0 aliphatic carbocycles. The number of amides is 2. The minimum atomic E-state index is -3.76. The molecule has 1 heterocycles. The van der Waals surface area contributed by atoms with Crippen molar-refractivity contribution in [2.75, 3.05) is 23.7 Å². The number of carbonyl (C=O) groups excluding carboxylic acids is 2. The summed E-state index contributed by atoms with van der Waals surface area (Å²) in [5.41, 5.74) is 0.879. The fourth-order valence-corrected chi connectivity index (χ4v) is 5.14. The summed E-state index contributed by atoms with van der Waals surface area (Å²) in [5, 5.41) is 5.51. The molecule has 29 heavy (non-hydrogen) atoms. The topological polar surface area (TPSA) is 95.6 Å². The molecule has 3 rings (SSSR count). The van der Waals surface area contributed by atoms with Gasteiger partial charge in [-0.25, -0.2) is 8.42 Å². The lowest BCUT2D eigenvalue weighted by atomic mass is 10.2. The number of hydrogen-bond acceptors (Lipinski definition) is 4. The van der Waals surface area contributed by atoms with Crippen molar-refractivity contribution in [1.82, 2.24) is 4.31 Å². The van der Waals surface area contributed by atoms with Gasteiger partial charge in [-0.05, 0) is 43.2 Å². The highest BCUT2D eigenvalue weighted by atomic mass is 35.5. The lowest BCUT2D eigenvalue weighted by Crippen LogP contribution is -2.36. The van der Waals surface area contributed by atoms with E-state index in [1.165, 1.54) is 29.4 Å². The first-order valence-corrected chi connectivity index (χ1v) is 11.1. The van der Waals surface area contributed by atoms with Gasteiger partial charge in [0.15, 0.2) is 0 Å². The molecule has 0 radical (unpaired) electrons. The quantitative estimate of drug-likeness (QED) is 0.748. The molecule has 2 N–H and O–H groups in total. The van der Waals surface area contributed by atoms with Gasteiger partial charge in [-0.15, -0.1) is 0 Å². The highest BCUT2D eigenvalue weighted by Crippen LogP contribution is 2.27. The standard InChI is InChI=1S/C20H22ClN3O4S/c1-14(25)22-18-10-9-15(13-17(18)21)23-20(26)16-7-3-4-8-19(16)29(27,28)24-11-5-2-6-12-24/h3-4,7-10,13H,2,5-6,11-12H2,1H3,(H,22,25)(H,23,26). The van der Waals surface area contributed by atoms with E-state index >= 15 is 0 Å². The first-order chi connectivity index (χ1) is 13.8. The Bertz CT molecular complexity index is 1030. The first kappa shape index (κ1) is 21.3. The number of hydrogen-bond donors (Lipinski definition) is 2. The van der Waals surface area contributed by atoms with Crippen molar-refractivity contribution in [2.24, 2.45) is 0 Å². The summed E-state index contributed by atoms with van der Waals surface area (Å²) in [6, 6.07) is 10.8. The minimum absolute atomic E-state index is 0.0136. The van der Waals surface area contributed by atoms with Crippen LogP contribution in [0.3, 0.4) is 0 Å². The molecule has 1 aliphatic heterocycles. The second-order valence-electron chi connectivity index (χ2n) is 6.79. The number of nitrogens with zero attached hydrogens (tertiary/aromatic N) is 1. The zero-order valence-corrected chi connectivity index (χ0v) is 17.5. The van der Waals surface area contributed by atoms with Gasteiger partial charge < -0.3 is 10.6 Å². The van der Waals surface area contributed by atoms with Gasteiger partial charge in [0.25, 0.3) is 5.91 Å². The van der Waals surface area contributed by atoms with Crippen LogP contribution < -0.4 is 10.6 Å². The molecule has 0 aromatic heterocycles. The number of sulfonamides is 1. The fourth-order valence-electron chi connectivity index (χ4n) is 3.21. The monoisotopic (exact) mass is 435 g/mol. The Hall–Kier alpha value is -2.42. The molecule has 2 aromatic rings.